The van der Waals surface area contributed by atoms with E-state index in [0.717, 1.165) is 36.4 Å². The van der Waals surface area contributed by atoms with Gasteiger partial charge in [0.1, 0.15) is 5.75 Å². The number of carbonyl (C=O) groups is 1. The molecule has 3 aromatic rings. The van der Waals surface area contributed by atoms with E-state index in [1.165, 1.54) is 23.5 Å². The van der Waals surface area contributed by atoms with Gasteiger partial charge in [-0.05, 0) is 54.8 Å². The summed E-state index contributed by atoms with van der Waals surface area (Å²) in [5, 5.41) is 2.84. The van der Waals surface area contributed by atoms with Gasteiger partial charge in [0.2, 0.25) is 5.91 Å². The highest BCUT2D eigenvalue weighted by atomic mass is 32.2. The van der Waals surface area contributed by atoms with Gasteiger partial charge in [-0.25, -0.2) is 8.42 Å². The topological polar surface area (TPSA) is 79.0 Å². The number of hydrogen-bond acceptors (Lipinski definition) is 5. The Labute approximate surface area is 194 Å². The zero-order valence-electron chi connectivity index (χ0n) is 18.7. The van der Waals surface area contributed by atoms with Crippen molar-refractivity contribution in [2.45, 2.75) is 17.7 Å². The third-order valence-electron chi connectivity index (χ3n) is 5.72. The van der Waals surface area contributed by atoms with E-state index in [4.69, 9.17) is 4.74 Å². The van der Waals surface area contributed by atoms with E-state index in [-0.39, 0.29) is 17.3 Å². The molecule has 1 N–H and O–H groups in total. The Hall–Kier alpha value is -3.52. The number of hydrogen-bond donors (Lipinski definition) is 1. The molecular formula is C25H27N3O4S. The quantitative estimate of drug-likeness (QED) is 0.572. The lowest BCUT2D eigenvalue weighted by Crippen LogP contribution is -2.37. The molecule has 0 fully saturated rings. The molecule has 1 heterocycles. The van der Waals surface area contributed by atoms with Crippen LogP contribution >= 0.6 is 0 Å². The van der Waals surface area contributed by atoms with Gasteiger partial charge < -0.3 is 15.0 Å². The number of rotatable bonds is 7. The van der Waals surface area contributed by atoms with Crippen LogP contribution in [0.25, 0.3) is 0 Å². The zero-order valence-corrected chi connectivity index (χ0v) is 19.5. The number of methoxy groups -OCH3 is 1. The van der Waals surface area contributed by atoms with Crippen molar-refractivity contribution < 1.29 is 17.9 Å². The smallest absolute Gasteiger partial charge is 0.264 e. The third-order valence-corrected chi connectivity index (χ3v) is 7.50. The molecule has 0 radical (unpaired) electrons. The van der Waals surface area contributed by atoms with Crippen molar-refractivity contribution in [3.05, 3.63) is 78.4 Å². The van der Waals surface area contributed by atoms with E-state index < -0.39 is 10.0 Å². The number of fused-ring (bicyclic) bond motifs is 1. The van der Waals surface area contributed by atoms with E-state index in [0.29, 0.717) is 11.4 Å². The largest absolute Gasteiger partial charge is 0.495 e. The highest BCUT2D eigenvalue weighted by Crippen LogP contribution is 2.36. The molecule has 0 unspecified atom stereocenters. The van der Waals surface area contributed by atoms with Crippen molar-refractivity contribution in [3.8, 4) is 5.75 Å². The minimum atomic E-state index is -3.77. The Morgan fingerprint density at radius 1 is 1.06 bits per heavy atom. The summed E-state index contributed by atoms with van der Waals surface area (Å²) in [6, 6.07) is 21.1. The molecule has 8 heteroatoms. The lowest BCUT2D eigenvalue weighted by Gasteiger charge is -2.32. The van der Waals surface area contributed by atoms with E-state index in [2.05, 4.69) is 11.4 Å². The SMILES string of the molecule is COc1cccc2c1N(CC(=O)Nc1cccc(S(=O)(=O)N(C)c3ccccc3)c1)CCC2. The van der Waals surface area contributed by atoms with Crippen molar-refractivity contribution in [1.82, 2.24) is 0 Å². The lowest BCUT2D eigenvalue weighted by atomic mass is 10.0. The summed E-state index contributed by atoms with van der Waals surface area (Å²) in [5.74, 6) is 0.525. The average Bonchev–Trinajstić information content (AvgIpc) is 2.84. The maximum atomic E-state index is 13.1. The molecule has 0 atom stereocenters. The molecule has 4 rings (SSSR count). The lowest BCUT2D eigenvalue weighted by molar-refractivity contribution is -0.115. The van der Waals surface area contributed by atoms with Crippen LogP contribution in [0, 0.1) is 0 Å². The molecule has 0 saturated carbocycles. The first-order valence-corrected chi connectivity index (χ1v) is 12.2. The number of aryl methyl sites for hydroxylation is 1. The molecule has 7 nitrogen and oxygen atoms in total. The summed E-state index contributed by atoms with van der Waals surface area (Å²) < 4.78 is 32.9. The van der Waals surface area contributed by atoms with Gasteiger partial charge in [0.25, 0.3) is 10.0 Å². The minimum absolute atomic E-state index is 0.108. The van der Waals surface area contributed by atoms with Crippen LogP contribution in [0.5, 0.6) is 5.75 Å². The Kier molecular flexibility index (Phi) is 6.55. The van der Waals surface area contributed by atoms with Gasteiger partial charge >= 0.3 is 0 Å². The van der Waals surface area contributed by atoms with Gasteiger partial charge in [0.05, 0.1) is 29.9 Å². The Bertz CT molecular complexity index is 1230. The molecule has 0 bridgehead atoms. The predicted octanol–water partition coefficient (Wildman–Crippen LogP) is 3.91. The fourth-order valence-corrected chi connectivity index (χ4v) is 5.31. The minimum Gasteiger partial charge on any atom is -0.495 e. The monoisotopic (exact) mass is 465 g/mol. The highest BCUT2D eigenvalue weighted by Gasteiger charge is 2.24. The molecular weight excluding hydrogens is 438 g/mol. The fraction of sp³-hybridized carbons (Fsp3) is 0.240. The summed E-state index contributed by atoms with van der Waals surface area (Å²) in [5.41, 5.74) is 3.09. The van der Waals surface area contributed by atoms with Gasteiger partial charge in [-0.15, -0.1) is 0 Å². The number of nitrogens with one attached hydrogen (secondary N) is 1. The summed E-state index contributed by atoms with van der Waals surface area (Å²) in [6.07, 6.45) is 1.90. The fourth-order valence-electron chi connectivity index (χ4n) is 4.07. The Morgan fingerprint density at radius 2 is 1.82 bits per heavy atom. The number of amides is 1. The van der Waals surface area contributed by atoms with Crippen LogP contribution in [0.2, 0.25) is 0 Å². The number of sulfonamides is 1. The van der Waals surface area contributed by atoms with Gasteiger partial charge in [0, 0.05) is 19.3 Å². The first-order chi connectivity index (χ1) is 15.9. The summed E-state index contributed by atoms with van der Waals surface area (Å²) >= 11 is 0. The van der Waals surface area contributed by atoms with E-state index >= 15 is 0 Å². The summed E-state index contributed by atoms with van der Waals surface area (Å²) in [4.78, 5) is 15.0. The zero-order chi connectivity index (χ0) is 23.4. The van der Waals surface area contributed by atoms with Crippen molar-refractivity contribution in [2.75, 3.05) is 41.8 Å². The first-order valence-electron chi connectivity index (χ1n) is 10.7. The van der Waals surface area contributed by atoms with Crippen molar-refractivity contribution in [2.24, 2.45) is 0 Å². The first kappa shape index (κ1) is 22.7. The van der Waals surface area contributed by atoms with Crippen LogP contribution in [-0.4, -0.2) is 41.6 Å². The molecule has 172 valence electrons. The molecule has 1 aliphatic heterocycles. The maximum Gasteiger partial charge on any atom is 0.264 e. The molecule has 0 saturated heterocycles. The van der Waals surface area contributed by atoms with Crippen LogP contribution in [0.1, 0.15) is 12.0 Å². The van der Waals surface area contributed by atoms with Crippen LogP contribution in [-0.2, 0) is 21.2 Å². The van der Waals surface area contributed by atoms with Crippen molar-refractivity contribution >= 4 is 33.0 Å². The number of nitrogens with zero attached hydrogens (tertiary/aromatic N) is 2. The second-order valence-electron chi connectivity index (χ2n) is 7.88. The Balaban J connectivity index is 1.50. The molecule has 3 aromatic carbocycles. The number of benzene rings is 3. The second-order valence-corrected chi connectivity index (χ2v) is 9.85. The predicted molar refractivity (Wildman–Crippen MR) is 131 cm³/mol. The van der Waals surface area contributed by atoms with Crippen molar-refractivity contribution in [1.29, 1.82) is 0 Å². The summed E-state index contributed by atoms with van der Waals surface area (Å²) in [7, 11) is -0.635. The normalized spacial score (nSPS) is 13.2. The molecule has 0 spiro atoms. The third kappa shape index (κ3) is 4.80. The number of anilines is 3. The van der Waals surface area contributed by atoms with Crippen LogP contribution in [0.15, 0.2) is 77.7 Å². The van der Waals surface area contributed by atoms with E-state index in [9.17, 15) is 13.2 Å². The van der Waals surface area contributed by atoms with Crippen LogP contribution in [0.3, 0.4) is 0 Å². The maximum absolute atomic E-state index is 13.1. The van der Waals surface area contributed by atoms with Crippen molar-refractivity contribution in [3.63, 3.8) is 0 Å². The van der Waals surface area contributed by atoms with E-state index in [1.54, 1.807) is 43.5 Å². The molecule has 1 amide bonds. The highest BCUT2D eigenvalue weighted by molar-refractivity contribution is 7.92. The average molecular weight is 466 g/mol. The van der Waals surface area contributed by atoms with Crippen LogP contribution in [0.4, 0.5) is 17.1 Å². The molecule has 0 aromatic heterocycles. The molecule has 1 aliphatic rings. The van der Waals surface area contributed by atoms with Gasteiger partial charge in [-0.3, -0.25) is 9.10 Å². The second kappa shape index (κ2) is 9.54. The molecule has 0 aliphatic carbocycles. The Morgan fingerprint density at radius 3 is 2.58 bits per heavy atom. The van der Waals surface area contributed by atoms with E-state index in [1.807, 2.05) is 23.1 Å². The molecule has 33 heavy (non-hydrogen) atoms. The van der Waals surface area contributed by atoms with Crippen LogP contribution < -0.4 is 19.3 Å². The van der Waals surface area contributed by atoms with Gasteiger partial charge in [-0.1, -0.05) is 36.4 Å². The number of ether oxygens (including phenoxy) is 1. The van der Waals surface area contributed by atoms with Gasteiger partial charge in [-0.2, -0.15) is 0 Å². The van der Waals surface area contributed by atoms with Gasteiger partial charge in [0.15, 0.2) is 0 Å². The standard InChI is InChI=1S/C25H27N3O4S/c1-27(21-12-4-3-5-13-21)33(30,31)22-14-7-11-20(17-22)26-24(29)18-28-16-8-10-19-9-6-15-23(32-2)25(19)28/h3-7,9,11-15,17H,8,10,16,18H2,1-2H3,(H,26,29). The summed E-state index contributed by atoms with van der Waals surface area (Å²) in [6.45, 7) is 0.894. The number of para-hydroxylation sites is 2. The number of carbonyl (C=O) groups excluding carboxylic acids is 1.